The maximum Gasteiger partial charge on any atom is 0.335 e. The minimum Gasteiger partial charge on any atom is -0.399 e. The summed E-state index contributed by atoms with van der Waals surface area (Å²) >= 11 is 0. The van der Waals surface area contributed by atoms with Gasteiger partial charge in [-0.1, -0.05) is 51.7 Å². The first kappa shape index (κ1) is 17.2. The molecule has 0 aliphatic carbocycles. The van der Waals surface area contributed by atoms with Gasteiger partial charge >= 0.3 is 7.60 Å². The molecule has 0 bridgehead atoms. The van der Waals surface area contributed by atoms with Crippen LogP contribution in [0.25, 0.3) is 0 Å². The van der Waals surface area contributed by atoms with Crippen molar-refractivity contribution in [2.24, 2.45) is 0 Å². The van der Waals surface area contributed by atoms with Crippen LogP contribution in [-0.2, 0) is 9.72 Å². The molecule has 0 radical (unpaired) electrons. The van der Waals surface area contributed by atoms with Crippen LogP contribution < -0.4 is 5.73 Å². The first-order valence-corrected chi connectivity index (χ1v) is 8.90. The van der Waals surface area contributed by atoms with Crippen molar-refractivity contribution >= 4 is 13.3 Å². The molecule has 0 aliphatic rings. The lowest BCUT2D eigenvalue weighted by atomic mass is 9.87. The van der Waals surface area contributed by atoms with Crippen LogP contribution in [0, 0.1) is 0 Å². The number of rotatable bonds is 8. The van der Waals surface area contributed by atoms with Crippen LogP contribution >= 0.6 is 7.60 Å². The van der Waals surface area contributed by atoms with Crippen molar-refractivity contribution in [3.05, 3.63) is 29.8 Å². The predicted molar refractivity (Wildman–Crippen MR) is 83.6 cm³/mol. The highest BCUT2D eigenvalue weighted by atomic mass is 31.2. The van der Waals surface area contributed by atoms with Gasteiger partial charge in [0.1, 0.15) is 0 Å². The average molecular weight is 299 g/mol. The van der Waals surface area contributed by atoms with Crippen molar-refractivity contribution in [3.8, 4) is 0 Å². The highest BCUT2D eigenvalue weighted by Crippen LogP contribution is 2.62. The van der Waals surface area contributed by atoms with E-state index in [-0.39, 0.29) is 0 Å². The van der Waals surface area contributed by atoms with E-state index in [1.807, 2.05) is 13.8 Å². The van der Waals surface area contributed by atoms with Crippen molar-refractivity contribution in [3.63, 3.8) is 0 Å². The normalized spacial score (nSPS) is 12.6. The first-order valence-electron chi connectivity index (χ1n) is 7.29. The summed E-state index contributed by atoms with van der Waals surface area (Å²) in [5.41, 5.74) is 7.01. The Labute approximate surface area is 121 Å². The van der Waals surface area contributed by atoms with Gasteiger partial charge in [0, 0.05) is 5.69 Å². The number of anilines is 1. The number of hydrogen-bond acceptors (Lipinski definition) is 2. The molecule has 20 heavy (non-hydrogen) atoms. The Morgan fingerprint density at radius 3 is 1.85 bits per heavy atom. The van der Waals surface area contributed by atoms with E-state index >= 15 is 0 Å². The van der Waals surface area contributed by atoms with Gasteiger partial charge in [0.2, 0.25) is 0 Å². The van der Waals surface area contributed by atoms with Gasteiger partial charge in [0.25, 0.3) is 0 Å². The topological polar surface area (TPSA) is 83.6 Å². The van der Waals surface area contributed by atoms with Gasteiger partial charge in [-0.25, -0.2) is 0 Å². The Kier molecular flexibility index (Phi) is 6.25. The molecule has 0 aliphatic heterocycles. The second-order valence-electron chi connectivity index (χ2n) is 5.40. The number of benzene rings is 1. The summed E-state index contributed by atoms with van der Waals surface area (Å²) in [7, 11) is -4.24. The zero-order valence-electron chi connectivity index (χ0n) is 12.4. The number of hydrogen-bond donors (Lipinski definition) is 3. The van der Waals surface area contributed by atoms with Crippen LogP contribution in [0.4, 0.5) is 5.69 Å². The predicted octanol–water partition coefficient (Wildman–Crippen LogP) is 4.02. The van der Waals surface area contributed by atoms with Crippen molar-refractivity contribution in [1.82, 2.24) is 0 Å². The highest BCUT2D eigenvalue weighted by Gasteiger charge is 2.46. The van der Waals surface area contributed by atoms with E-state index in [0.717, 1.165) is 25.7 Å². The lowest BCUT2D eigenvalue weighted by molar-refractivity contribution is 0.300. The second kappa shape index (κ2) is 7.26. The summed E-state index contributed by atoms with van der Waals surface area (Å²) < 4.78 is 12.2. The number of nitrogens with two attached hydrogens (primary N) is 1. The number of nitrogen functional groups attached to an aromatic ring is 1. The summed E-state index contributed by atoms with van der Waals surface area (Å²) in [4.78, 5) is 20.0. The van der Waals surface area contributed by atoms with Crippen LogP contribution in [0.5, 0.6) is 0 Å². The molecular weight excluding hydrogens is 273 g/mol. The molecule has 5 heteroatoms. The quantitative estimate of drug-likeness (QED) is 0.500. The SMILES string of the molecule is CCCCC(CCCC)(c1ccc(N)cc1)P(=O)(O)O. The molecular formula is C15H26NO3P. The van der Waals surface area contributed by atoms with Gasteiger partial charge in [0.15, 0.2) is 0 Å². The molecule has 0 amide bonds. The highest BCUT2D eigenvalue weighted by molar-refractivity contribution is 7.53. The van der Waals surface area contributed by atoms with Crippen LogP contribution in [0.3, 0.4) is 0 Å². The molecule has 114 valence electrons. The molecule has 4 N–H and O–H groups in total. The van der Waals surface area contributed by atoms with E-state index in [2.05, 4.69) is 0 Å². The second-order valence-corrected chi connectivity index (χ2v) is 7.35. The third-order valence-corrected chi connectivity index (χ3v) is 5.71. The fourth-order valence-electron chi connectivity index (χ4n) is 2.60. The molecule has 0 saturated heterocycles. The van der Waals surface area contributed by atoms with E-state index in [9.17, 15) is 14.4 Å². The number of unbranched alkanes of at least 4 members (excludes halogenated alkanes) is 2. The van der Waals surface area contributed by atoms with Gasteiger partial charge in [-0.15, -0.1) is 0 Å². The molecule has 0 aromatic heterocycles. The zero-order chi connectivity index (χ0) is 15.2. The van der Waals surface area contributed by atoms with Crippen molar-refractivity contribution < 1.29 is 14.4 Å². The lowest BCUT2D eigenvalue weighted by Gasteiger charge is -2.35. The van der Waals surface area contributed by atoms with E-state index < -0.39 is 12.8 Å². The van der Waals surface area contributed by atoms with Crippen LogP contribution in [0.2, 0.25) is 0 Å². The van der Waals surface area contributed by atoms with Gasteiger partial charge in [0.05, 0.1) is 5.16 Å². The molecule has 0 fully saturated rings. The molecule has 0 unspecified atom stereocenters. The Morgan fingerprint density at radius 1 is 1.05 bits per heavy atom. The molecule has 0 spiro atoms. The van der Waals surface area contributed by atoms with Crippen LogP contribution in [0.15, 0.2) is 24.3 Å². The fraction of sp³-hybridized carbons (Fsp3) is 0.600. The van der Waals surface area contributed by atoms with Gasteiger partial charge in [-0.3, -0.25) is 4.57 Å². The molecule has 0 saturated carbocycles. The Balaban J connectivity index is 3.27. The average Bonchev–Trinajstić information content (AvgIpc) is 2.39. The van der Waals surface area contributed by atoms with Gasteiger partial charge in [-0.2, -0.15) is 0 Å². The summed E-state index contributed by atoms with van der Waals surface area (Å²) in [5, 5.41) is -1.06. The lowest BCUT2D eigenvalue weighted by Crippen LogP contribution is -2.26. The van der Waals surface area contributed by atoms with Crippen molar-refractivity contribution in [2.45, 2.75) is 57.5 Å². The molecule has 1 aromatic rings. The van der Waals surface area contributed by atoms with Crippen LogP contribution in [-0.4, -0.2) is 9.79 Å². The summed E-state index contributed by atoms with van der Waals surface area (Å²) in [6, 6.07) is 6.97. The summed E-state index contributed by atoms with van der Waals surface area (Å²) in [6.45, 7) is 4.07. The summed E-state index contributed by atoms with van der Waals surface area (Å²) in [6.07, 6.45) is 4.47. The molecule has 1 aromatic carbocycles. The maximum atomic E-state index is 12.2. The fourth-order valence-corrected chi connectivity index (χ4v) is 3.99. The minimum atomic E-state index is -4.24. The standard InChI is InChI=1S/C15H26NO3P/c1-3-5-11-15(12-6-4-2,20(17,18)19)13-7-9-14(16)10-8-13/h7-10H,3-6,11-12,16H2,1-2H3,(H2,17,18,19). The van der Waals surface area contributed by atoms with Crippen molar-refractivity contribution in [2.75, 3.05) is 5.73 Å². The minimum absolute atomic E-state index is 0.512. The molecule has 4 nitrogen and oxygen atoms in total. The van der Waals surface area contributed by atoms with E-state index in [1.165, 1.54) is 0 Å². The smallest absolute Gasteiger partial charge is 0.335 e. The molecule has 1 rings (SSSR count). The van der Waals surface area contributed by atoms with E-state index in [4.69, 9.17) is 5.73 Å². The molecule has 0 atom stereocenters. The van der Waals surface area contributed by atoms with Crippen LogP contribution in [0.1, 0.15) is 57.9 Å². The van der Waals surface area contributed by atoms with E-state index in [0.29, 0.717) is 24.1 Å². The first-order chi connectivity index (χ1) is 9.37. The maximum absolute atomic E-state index is 12.2. The Bertz CT molecular complexity index is 445. The third-order valence-electron chi connectivity index (χ3n) is 3.89. The third kappa shape index (κ3) is 3.85. The Morgan fingerprint density at radius 2 is 1.50 bits per heavy atom. The monoisotopic (exact) mass is 299 g/mol. The van der Waals surface area contributed by atoms with Crippen molar-refractivity contribution in [1.29, 1.82) is 0 Å². The Hall–Kier alpha value is -0.830. The zero-order valence-corrected chi connectivity index (χ0v) is 13.3. The summed E-state index contributed by atoms with van der Waals surface area (Å²) in [5.74, 6) is 0. The van der Waals surface area contributed by atoms with Gasteiger partial charge < -0.3 is 15.5 Å². The largest absolute Gasteiger partial charge is 0.399 e. The van der Waals surface area contributed by atoms with E-state index in [1.54, 1.807) is 24.3 Å². The molecule has 0 heterocycles. The van der Waals surface area contributed by atoms with Gasteiger partial charge in [-0.05, 0) is 30.5 Å².